The third-order valence-electron chi connectivity index (χ3n) is 2.07. The smallest absolute Gasteiger partial charge is 0.230 e. The number of aliphatic imine (C=N–C) groups is 1. The molecule has 0 bridgehead atoms. The standard InChI is InChI=1S/C14H28N2O/c1-12(2,3)10(16-14(7,8)9)15-11(17)13(4,5)6/h1-9H3,(H,15,16,17). The van der Waals surface area contributed by atoms with Gasteiger partial charge in [0, 0.05) is 10.8 Å². The van der Waals surface area contributed by atoms with E-state index in [-0.39, 0.29) is 16.9 Å². The first-order chi connectivity index (χ1) is 7.23. The monoisotopic (exact) mass is 240 g/mol. The van der Waals surface area contributed by atoms with Crippen LogP contribution in [0, 0.1) is 10.8 Å². The number of rotatable bonds is 0. The third kappa shape index (κ3) is 6.44. The normalized spacial score (nSPS) is 14.8. The van der Waals surface area contributed by atoms with Gasteiger partial charge in [0.15, 0.2) is 0 Å². The van der Waals surface area contributed by atoms with Gasteiger partial charge >= 0.3 is 0 Å². The van der Waals surface area contributed by atoms with Crippen LogP contribution in [0.4, 0.5) is 0 Å². The van der Waals surface area contributed by atoms with E-state index in [9.17, 15) is 4.79 Å². The van der Waals surface area contributed by atoms with E-state index in [0.29, 0.717) is 0 Å². The first kappa shape index (κ1) is 16.1. The fourth-order valence-electron chi connectivity index (χ4n) is 1.01. The molecule has 0 fully saturated rings. The Morgan fingerprint density at radius 2 is 1.24 bits per heavy atom. The number of hydrogen-bond acceptors (Lipinski definition) is 2. The molecule has 17 heavy (non-hydrogen) atoms. The lowest BCUT2D eigenvalue weighted by atomic mass is 9.91. The molecule has 3 nitrogen and oxygen atoms in total. The van der Waals surface area contributed by atoms with Gasteiger partial charge in [0.2, 0.25) is 5.91 Å². The van der Waals surface area contributed by atoms with Crippen LogP contribution in [0.2, 0.25) is 0 Å². The summed E-state index contributed by atoms with van der Waals surface area (Å²) >= 11 is 0. The minimum atomic E-state index is -0.399. The first-order valence-corrected chi connectivity index (χ1v) is 6.15. The lowest BCUT2D eigenvalue weighted by molar-refractivity contribution is -0.127. The Kier molecular flexibility index (Phi) is 4.55. The molecule has 0 rings (SSSR count). The van der Waals surface area contributed by atoms with Crippen molar-refractivity contribution in [1.82, 2.24) is 5.32 Å². The number of carbonyl (C=O) groups excluding carboxylic acids is 1. The van der Waals surface area contributed by atoms with Crippen molar-refractivity contribution in [3.63, 3.8) is 0 Å². The summed E-state index contributed by atoms with van der Waals surface area (Å²) in [4.78, 5) is 16.6. The van der Waals surface area contributed by atoms with Crippen molar-refractivity contribution in [1.29, 1.82) is 0 Å². The minimum absolute atomic E-state index is 0.00965. The van der Waals surface area contributed by atoms with Crippen molar-refractivity contribution < 1.29 is 4.79 Å². The summed E-state index contributed by atoms with van der Waals surface area (Å²) in [5.41, 5.74) is -0.744. The van der Waals surface area contributed by atoms with Gasteiger partial charge in [-0.1, -0.05) is 41.5 Å². The first-order valence-electron chi connectivity index (χ1n) is 6.15. The lowest BCUT2D eigenvalue weighted by Gasteiger charge is -2.28. The molecule has 0 radical (unpaired) electrons. The van der Waals surface area contributed by atoms with Crippen molar-refractivity contribution in [2.75, 3.05) is 0 Å². The zero-order chi connectivity index (χ0) is 14.1. The molecule has 0 spiro atoms. The molecule has 0 aliphatic carbocycles. The maximum Gasteiger partial charge on any atom is 0.230 e. The Balaban J connectivity index is 5.15. The molecule has 100 valence electrons. The molecule has 0 heterocycles. The Labute approximate surface area is 106 Å². The Morgan fingerprint density at radius 3 is 1.47 bits per heavy atom. The van der Waals surface area contributed by atoms with Gasteiger partial charge in [-0.05, 0) is 20.8 Å². The van der Waals surface area contributed by atoms with Crippen LogP contribution in [0.1, 0.15) is 62.3 Å². The average molecular weight is 240 g/mol. The van der Waals surface area contributed by atoms with E-state index in [1.807, 2.05) is 41.5 Å². The number of nitrogens with one attached hydrogen (secondary N) is 1. The summed E-state index contributed by atoms with van der Waals surface area (Å²) in [6.45, 7) is 18.0. The summed E-state index contributed by atoms with van der Waals surface area (Å²) in [5.74, 6) is 0.764. The van der Waals surface area contributed by atoms with E-state index >= 15 is 0 Å². The average Bonchev–Trinajstić information content (AvgIpc) is 1.96. The van der Waals surface area contributed by atoms with Crippen LogP contribution in [0.25, 0.3) is 0 Å². The van der Waals surface area contributed by atoms with Crippen molar-refractivity contribution in [3.8, 4) is 0 Å². The molecule has 0 saturated heterocycles. The predicted molar refractivity (Wildman–Crippen MR) is 74.2 cm³/mol. The molecule has 0 aromatic heterocycles. The lowest BCUT2D eigenvalue weighted by Crippen LogP contribution is -2.45. The molecule has 0 aliphatic heterocycles. The van der Waals surface area contributed by atoms with Gasteiger partial charge in [0.25, 0.3) is 0 Å². The molecule has 0 unspecified atom stereocenters. The van der Waals surface area contributed by atoms with Gasteiger partial charge < -0.3 is 5.32 Å². The van der Waals surface area contributed by atoms with Crippen LogP contribution in [0.15, 0.2) is 4.99 Å². The third-order valence-corrected chi connectivity index (χ3v) is 2.07. The molecule has 0 aromatic carbocycles. The molecule has 1 amide bonds. The van der Waals surface area contributed by atoms with E-state index in [0.717, 1.165) is 5.84 Å². The molecule has 0 aromatic rings. The molecule has 0 atom stereocenters. The van der Waals surface area contributed by atoms with Crippen LogP contribution in [-0.4, -0.2) is 17.3 Å². The van der Waals surface area contributed by atoms with Crippen molar-refractivity contribution in [2.24, 2.45) is 15.8 Å². The topological polar surface area (TPSA) is 41.5 Å². The fraction of sp³-hybridized carbons (Fsp3) is 0.857. The molecular weight excluding hydrogens is 212 g/mol. The van der Waals surface area contributed by atoms with Crippen LogP contribution < -0.4 is 5.32 Å². The summed E-state index contributed by atoms with van der Waals surface area (Å²) in [6, 6.07) is 0. The summed E-state index contributed by atoms with van der Waals surface area (Å²) < 4.78 is 0. The summed E-state index contributed by atoms with van der Waals surface area (Å²) in [7, 11) is 0. The molecular formula is C14H28N2O. The summed E-state index contributed by atoms with van der Waals surface area (Å²) in [5, 5.41) is 2.96. The van der Waals surface area contributed by atoms with Gasteiger partial charge in [-0.25, -0.2) is 0 Å². The highest BCUT2D eigenvalue weighted by atomic mass is 16.2. The number of carbonyl (C=O) groups is 1. The second-order valence-corrected chi connectivity index (χ2v) is 7.59. The highest BCUT2D eigenvalue weighted by Gasteiger charge is 2.28. The largest absolute Gasteiger partial charge is 0.314 e. The van der Waals surface area contributed by atoms with Crippen LogP contribution in [-0.2, 0) is 4.79 Å². The second kappa shape index (κ2) is 4.79. The van der Waals surface area contributed by atoms with E-state index in [2.05, 4.69) is 31.1 Å². The van der Waals surface area contributed by atoms with Crippen molar-refractivity contribution in [3.05, 3.63) is 0 Å². The van der Waals surface area contributed by atoms with E-state index in [1.54, 1.807) is 0 Å². The van der Waals surface area contributed by atoms with Crippen molar-refractivity contribution >= 4 is 11.7 Å². The van der Waals surface area contributed by atoms with Crippen LogP contribution in [0.3, 0.4) is 0 Å². The number of hydrogen-bond donors (Lipinski definition) is 1. The highest BCUT2D eigenvalue weighted by molar-refractivity contribution is 6.02. The second-order valence-electron chi connectivity index (χ2n) is 7.59. The zero-order valence-electron chi connectivity index (χ0n) is 12.9. The van der Waals surface area contributed by atoms with Crippen LogP contribution in [0.5, 0.6) is 0 Å². The number of amides is 1. The fourth-order valence-corrected chi connectivity index (χ4v) is 1.01. The summed E-state index contributed by atoms with van der Waals surface area (Å²) in [6.07, 6.45) is 0. The molecule has 1 N–H and O–H groups in total. The number of amidine groups is 1. The molecule has 0 saturated carbocycles. The maximum absolute atomic E-state index is 12.0. The van der Waals surface area contributed by atoms with Gasteiger partial charge in [0.05, 0.1) is 5.54 Å². The quantitative estimate of drug-likeness (QED) is 0.512. The van der Waals surface area contributed by atoms with Gasteiger partial charge in [-0.2, -0.15) is 0 Å². The number of nitrogens with zero attached hydrogens (tertiary/aromatic N) is 1. The Hall–Kier alpha value is -0.860. The molecule has 0 aliphatic rings. The zero-order valence-corrected chi connectivity index (χ0v) is 12.9. The van der Waals surface area contributed by atoms with Gasteiger partial charge in [0.1, 0.15) is 5.84 Å². The van der Waals surface area contributed by atoms with E-state index in [1.165, 1.54) is 0 Å². The molecule has 3 heteroatoms. The Morgan fingerprint density at radius 1 is 0.824 bits per heavy atom. The van der Waals surface area contributed by atoms with Gasteiger partial charge in [-0.3, -0.25) is 9.79 Å². The van der Waals surface area contributed by atoms with E-state index in [4.69, 9.17) is 0 Å². The SMILES string of the molecule is CC(C)(C)N=C(NC(=O)C(C)(C)C)C(C)(C)C. The minimum Gasteiger partial charge on any atom is -0.314 e. The highest BCUT2D eigenvalue weighted by Crippen LogP contribution is 2.20. The van der Waals surface area contributed by atoms with Gasteiger partial charge in [-0.15, -0.1) is 0 Å². The van der Waals surface area contributed by atoms with Crippen molar-refractivity contribution in [2.45, 2.75) is 67.9 Å². The Bertz CT molecular complexity index is 309. The predicted octanol–water partition coefficient (Wildman–Crippen LogP) is 3.39. The van der Waals surface area contributed by atoms with E-state index < -0.39 is 5.41 Å². The maximum atomic E-state index is 12.0. The van der Waals surface area contributed by atoms with Crippen LogP contribution >= 0.6 is 0 Å².